The number of fused-ring (bicyclic) bond motifs is 4. The van der Waals surface area contributed by atoms with E-state index in [4.69, 9.17) is 20.8 Å². The highest BCUT2D eigenvalue weighted by atomic mass is 79.9. The van der Waals surface area contributed by atoms with Gasteiger partial charge in [0.2, 0.25) is 0 Å². The third-order valence-corrected chi connectivity index (χ3v) is 21.3. The van der Waals surface area contributed by atoms with Crippen LogP contribution < -0.4 is 11.1 Å². The number of nitrogens with zero attached hydrogens (tertiary/aromatic N) is 4. The van der Waals surface area contributed by atoms with Crippen molar-refractivity contribution >= 4 is 111 Å². The highest BCUT2D eigenvalue weighted by Crippen LogP contribution is 2.50. The van der Waals surface area contributed by atoms with Crippen molar-refractivity contribution in [3.8, 4) is 62.5 Å². The van der Waals surface area contributed by atoms with Crippen LogP contribution in [0.25, 0.3) is 65.3 Å². The van der Waals surface area contributed by atoms with Crippen LogP contribution in [-0.2, 0) is 50.9 Å². The summed E-state index contributed by atoms with van der Waals surface area (Å²) in [7, 11) is 6.95. The summed E-state index contributed by atoms with van der Waals surface area (Å²) in [6.07, 6.45) is 4.60. The fraction of sp³-hybridized carbons (Fsp3) is 0.374. The molecule has 0 saturated carbocycles. The van der Waals surface area contributed by atoms with Gasteiger partial charge in [0.25, 0.3) is 0 Å². The van der Waals surface area contributed by atoms with Crippen molar-refractivity contribution in [2.75, 3.05) is 67.5 Å². The molecule has 0 atom stereocenters. The molecule has 0 aliphatic carbocycles. The molecule has 0 unspecified atom stereocenters. The molecule has 0 amide bonds. The number of alkyl halides is 1. The molecule has 0 bridgehead atoms. The lowest BCUT2D eigenvalue weighted by molar-refractivity contribution is 0.111. The standard InChI is InChI=1S/C58H74N4O4.C22H14O4.C15H23BrO.C3H10N2.CH4O.2H2S/c1-55(2,3)43-29-41(51(63)47(31-43)57(7,8)9)35-61(13)25-23-59-33-39-27-37-19-15-17-21-45(37)49(53(39)65)50-46-22-18-16-20-38(46)28-40(54(50)66)34-60-24-26-62(14)36-42-30-44(56(4,5)6)32-48(52(42)64)58(10,11)12;23-11-15-9-13-5-1-3-7-17(13)19(21(15)25)20-18-8-4-2-6-14(18)10-16(12-24)22(20)26;1-14(2,3)11-7-10(9-16)13(17)12(8-11)15(4,5)6;1-5-3-2-4;1-2;;/h15-22,27-34,63-66H,23-26,35-36H2,1-14H3;1-12,25-26H;7-8,17H,9H2,1-6H3;5H,2-4H2,1H3;2H,1H3;2*1H2. The maximum Gasteiger partial charge on any atom is 0.153 e. The number of phenolic OH excluding ortho intramolecular Hbond substituents is 7. The zero-order chi connectivity index (χ0) is 86.3. The summed E-state index contributed by atoms with van der Waals surface area (Å²) < 4.78 is 0. The maximum absolute atomic E-state index is 12.2. The number of rotatable bonds is 19. The van der Waals surface area contributed by atoms with Gasteiger partial charge in [0.05, 0.1) is 24.2 Å². The van der Waals surface area contributed by atoms with E-state index in [0.717, 1.165) is 85.9 Å². The summed E-state index contributed by atoms with van der Waals surface area (Å²) >= 11 is 3.45. The Balaban J connectivity index is 0.000000385. The average Bonchev–Trinajstić information content (AvgIpc) is 0.743. The van der Waals surface area contributed by atoms with E-state index in [-0.39, 0.29) is 93.6 Å². The fourth-order valence-electron chi connectivity index (χ4n) is 13.9. The first-order valence-electron chi connectivity index (χ1n) is 39.6. The number of aromatic hydroxyl groups is 7. The van der Waals surface area contributed by atoms with Crippen LogP contribution in [0.2, 0.25) is 0 Å². The molecule has 0 saturated heterocycles. The van der Waals surface area contributed by atoms with Gasteiger partial charge in [-0.1, -0.05) is 274 Å². The number of aliphatic hydroxyl groups excluding tert-OH is 1. The zero-order valence-electron chi connectivity index (χ0n) is 73.3. The SMILES string of the molecule is CC(C)(C)c1cc(CBr)c(O)c(C(C)(C)C)c1.CN(CCN=Cc1cc2ccccc2c(-c2c(O)c(C=NCCN(C)Cc3cc(C(C)(C)C)cc(C(C)(C)C)c3O)cc3ccccc23)c1O)Cc1cc(C(C)(C)C)cc(C(C)(C)C)c1O.CNCCN.CO.O=Cc1cc2ccccc2c(-c2c(O)c(C=O)cc3ccccc23)c1O.S.S. The normalized spacial score (nSPS) is 12.0. The first-order chi connectivity index (χ1) is 54.4. The minimum atomic E-state index is -0.220. The molecule has 11 N–H and O–H groups in total. The van der Waals surface area contributed by atoms with Gasteiger partial charge in [-0.2, -0.15) is 27.0 Å². The van der Waals surface area contributed by atoms with Crippen molar-refractivity contribution in [1.29, 1.82) is 0 Å². The number of likely N-dealkylation sites (N-methyl/N-ethyl adjacent to an activating group) is 3. The molecular weight excluding hydrogens is 1580 g/mol. The van der Waals surface area contributed by atoms with Crippen LogP contribution in [0.3, 0.4) is 0 Å². The van der Waals surface area contributed by atoms with Gasteiger partial charge >= 0.3 is 0 Å². The van der Waals surface area contributed by atoms with E-state index in [2.05, 4.69) is 192 Å². The number of nitrogens with two attached hydrogens (primary N) is 1. The Morgan fingerprint density at radius 3 is 0.873 bits per heavy atom. The Hall–Kier alpha value is -9.28. The number of carbonyl (C=O) groups is 2. The summed E-state index contributed by atoms with van der Waals surface area (Å²) in [5.74, 6) is 0.765. The minimum absolute atomic E-state index is 0. The van der Waals surface area contributed by atoms with E-state index in [1.54, 1.807) is 36.7 Å². The molecule has 0 radical (unpaired) electrons. The van der Waals surface area contributed by atoms with Crippen molar-refractivity contribution in [2.45, 2.75) is 176 Å². The fourth-order valence-corrected chi connectivity index (χ4v) is 14.4. The van der Waals surface area contributed by atoms with E-state index >= 15 is 0 Å². The lowest BCUT2D eigenvalue weighted by Gasteiger charge is -2.28. The molecule has 118 heavy (non-hydrogen) atoms. The second-order valence-electron chi connectivity index (χ2n) is 36.0. The zero-order valence-corrected chi connectivity index (χ0v) is 76.9. The molecule has 0 heterocycles. The Morgan fingerprint density at radius 2 is 0.636 bits per heavy atom. The monoisotopic (exact) mass is 1700 g/mol. The Bertz CT molecular complexity index is 5060. The topological polar surface area (TPSA) is 265 Å². The minimum Gasteiger partial charge on any atom is -0.507 e. The Labute approximate surface area is 723 Å². The Morgan fingerprint density at radius 1 is 0.381 bits per heavy atom. The molecule has 11 aromatic rings. The highest BCUT2D eigenvalue weighted by molar-refractivity contribution is 9.08. The number of aliphatic imine (C=N–C) groups is 2. The molecule has 19 heteroatoms. The number of aldehydes is 2. The number of aliphatic hydroxyl groups is 1. The van der Waals surface area contributed by atoms with Crippen molar-refractivity contribution in [2.24, 2.45) is 15.7 Å². The summed E-state index contributed by atoms with van der Waals surface area (Å²) in [6, 6.07) is 50.2. The number of phenols is 7. The molecule has 11 aromatic carbocycles. The van der Waals surface area contributed by atoms with Crippen LogP contribution in [0.4, 0.5) is 0 Å². The number of nitrogens with one attached hydrogen (secondary N) is 1. The quantitative estimate of drug-likeness (QED) is 0.0205. The summed E-state index contributed by atoms with van der Waals surface area (Å²) in [6.45, 7) is 44.0. The molecule has 0 spiro atoms. The van der Waals surface area contributed by atoms with Crippen molar-refractivity contribution in [3.05, 3.63) is 230 Å². The highest BCUT2D eigenvalue weighted by Gasteiger charge is 2.30. The third-order valence-electron chi connectivity index (χ3n) is 20.6. The van der Waals surface area contributed by atoms with E-state index in [1.807, 2.05) is 118 Å². The van der Waals surface area contributed by atoms with Crippen molar-refractivity contribution in [3.63, 3.8) is 0 Å². The van der Waals surface area contributed by atoms with Gasteiger partial charge in [0, 0.05) is 114 Å². The Kier molecular flexibility index (Phi) is 35.4. The van der Waals surface area contributed by atoms with Gasteiger partial charge in [-0.25, -0.2) is 0 Å². The van der Waals surface area contributed by atoms with Crippen LogP contribution >= 0.6 is 42.9 Å². The van der Waals surface area contributed by atoms with Gasteiger partial charge in [-0.15, -0.1) is 0 Å². The second kappa shape index (κ2) is 42.1. The predicted octanol–water partition coefficient (Wildman–Crippen LogP) is 21.4. The van der Waals surface area contributed by atoms with Crippen LogP contribution in [0, 0.1) is 0 Å². The number of hydrogen-bond donors (Lipinski definition) is 10. The predicted molar refractivity (Wildman–Crippen MR) is 510 cm³/mol. The molecule has 0 aliphatic rings. The van der Waals surface area contributed by atoms with Gasteiger partial charge in [-0.05, 0) is 154 Å². The molecule has 0 aromatic heterocycles. The third kappa shape index (κ3) is 24.5. The van der Waals surface area contributed by atoms with Gasteiger partial charge in [0.1, 0.15) is 40.2 Å². The van der Waals surface area contributed by atoms with E-state index in [0.29, 0.717) is 119 Å². The maximum atomic E-state index is 12.2. The van der Waals surface area contributed by atoms with Gasteiger partial charge in [0.15, 0.2) is 12.6 Å². The molecule has 16 nitrogen and oxygen atoms in total. The molecule has 11 rings (SSSR count). The lowest BCUT2D eigenvalue weighted by atomic mass is 9.79. The number of carbonyl (C=O) groups excluding carboxylic acids is 2. The summed E-state index contributed by atoms with van der Waals surface area (Å²) in [4.78, 5) is 36.8. The second-order valence-corrected chi connectivity index (χ2v) is 36.6. The number of halogens is 1. The smallest absolute Gasteiger partial charge is 0.153 e. The van der Waals surface area contributed by atoms with Crippen LogP contribution in [0.15, 0.2) is 168 Å². The first kappa shape index (κ1) is 99.3. The van der Waals surface area contributed by atoms with Gasteiger partial charge < -0.3 is 61.7 Å². The summed E-state index contributed by atoms with van der Waals surface area (Å²) in [5.41, 5.74) is 17.1. The lowest BCUT2D eigenvalue weighted by Crippen LogP contribution is -2.23. The number of hydrogen-bond acceptors (Lipinski definition) is 16. The van der Waals surface area contributed by atoms with Crippen LogP contribution in [-0.4, -0.2) is 143 Å². The molecular formula is C99H129BrN6O10S2. The van der Waals surface area contributed by atoms with Crippen molar-refractivity contribution in [1.82, 2.24) is 15.1 Å². The molecule has 0 fully saturated rings. The van der Waals surface area contributed by atoms with Gasteiger partial charge in [-0.3, -0.25) is 19.6 Å². The largest absolute Gasteiger partial charge is 0.507 e. The molecule has 0 aliphatic heterocycles. The number of benzene rings is 11. The summed E-state index contributed by atoms with van der Waals surface area (Å²) in [5, 5.41) is 95.8. The van der Waals surface area contributed by atoms with Crippen LogP contribution in [0.5, 0.6) is 40.2 Å². The van der Waals surface area contributed by atoms with Crippen LogP contribution in [0.1, 0.15) is 207 Å². The molecule has 634 valence electrons. The van der Waals surface area contributed by atoms with E-state index in [9.17, 15) is 45.3 Å². The van der Waals surface area contributed by atoms with E-state index in [1.165, 1.54) is 16.7 Å². The average molecular weight is 1710 g/mol. The first-order valence-corrected chi connectivity index (χ1v) is 40.7. The van der Waals surface area contributed by atoms with E-state index < -0.39 is 0 Å². The van der Waals surface area contributed by atoms with Crippen molar-refractivity contribution < 1.29 is 50.4 Å².